The van der Waals surface area contributed by atoms with E-state index in [2.05, 4.69) is 9.98 Å². The average molecular weight is 360 g/mol. The molecule has 2 aromatic rings. The fourth-order valence-electron chi connectivity index (χ4n) is 2.11. The number of hydrogen-bond donors (Lipinski definition) is 2. The van der Waals surface area contributed by atoms with Crippen LogP contribution in [-0.2, 0) is 6.18 Å². The molecule has 0 fully saturated rings. The van der Waals surface area contributed by atoms with E-state index in [1.807, 2.05) is 30.3 Å². The molecule has 0 unspecified atom stereocenters. The van der Waals surface area contributed by atoms with E-state index in [9.17, 15) is 13.2 Å². The standard InChI is InChI=1S/C18H12F3N3S/c19-18(20,21)13-7-4-8-14(11-13)25-15(22)9-10-16-23-17(24-16)12-5-2-1-3-6-12/h1-11,22H/p+1/b10-9-,22-15?. The van der Waals surface area contributed by atoms with E-state index in [1.165, 1.54) is 12.1 Å². The molecule has 126 valence electrons. The maximum Gasteiger partial charge on any atom is 0.416 e. The number of hydrogen-bond acceptors (Lipinski definition) is 3. The van der Waals surface area contributed by atoms with Crippen molar-refractivity contribution >= 4 is 28.5 Å². The van der Waals surface area contributed by atoms with Gasteiger partial charge >= 0.3 is 17.8 Å². The Bertz CT molecular complexity index is 895. The predicted molar refractivity (Wildman–Crippen MR) is 95.0 cm³/mol. The van der Waals surface area contributed by atoms with Gasteiger partial charge in [0.15, 0.2) is 0 Å². The van der Waals surface area contributed by atoms with Crippen LogP contribution in [0.25, 0.3) is 0 Å². The minimum absolute atomic E-state index is 0.122. The molecule has 0 bridgehead atoms. The first-order valence-corrected chi connectivity index (χ1v) is 8.13. The summed E-state index contributed by atoms with van der Waals surface area (Å²) in [4.78, 5) is 0.365. The van der Waals surface area contributed by atoms with Gasteiger partial charge in [-0.15, -0.1) is 0 Å². The molecule has 2 aromatic carbocycles. The molecule has 0 saturated carbocycles. The SMILES string of the molecule is N=C(/C=C\C1=[N+]=C(c2ccccc2)N1)Sc1cccc(C(F)(F)F)c1. The molecule has 0 amide bonds. The van der Waals surface area contributed by atoms with Crippen molar-refractivity contribution < 1.29 is 13.2 Å². The first kappa shape index (κ1) is 17.1. The summed E-state index contributed by atoms with van der Waals surface area (Å²) >= 11 is 0.955. The van der Waals surface area contributed by atoms with Crippen LogP contribution in [0.5, 0.6) is 0 Å². The monoisotopic (exact) mass is 360 g/mol. The van der Waals surface area contributed by atoms with E-state index in [0.717, 1.165) is 35.3 Å². The van der Waals surface area contributed by atoms with Crippen LogP contribution in [0.4, 0.5) is 13.2 Å². The van der Waals surface area contributed by atoms with E-state index in [1.54, 1.807) is 12.1 Å². The van der Waals surface area contributed by atoms with Crippen LogP contribution in [0.3, 0.4) is 0 Å². The zero-order valence-electron chi connectivity index (χ0n) is 12.8. The molecule has 1 aliphatic rings. The van der Waals surface area contributed by atoms with E-state index < -0.39 is 11.7 Å². The summed E-state index contributed by atoms with van der Waals surface area (Å²) in [6.45, 7) is 0. The van der Waals surface area contributed by atoms with Gasteiger partial charge in [0.1, 0.15) is 0 Å². The lowest BCUT2D eigenvalue weighted by molar-refractivity contribution is -0.137. The molecule has 2 N–H and O–H groups in total. The van der Waals surface area contributed by atoms with Crippen LogP contribution in [0.2, 0.25) is 0 Å². The minimum Gasteiger partial charge on any atom is -0.294 e. The number of nitrogens with one attached hydrogen (secondary N) is 2. The molecule has 0 aromatic heterocycles. The summed E-state index contributed by atoms with van der Waals surface area (Å²) in [5.41, 5.74) is 0.245. The molecule has 1 aliphatic heterocycles. The number of thioether (sulfide) groups is 1. The lowest BCUT2D eigenvalue weighted by Crippen LogP contribution is -2.43. The smallest absolute Gasteiger partial charge is 0.294 e. The quantitative estimate of drug-likeness (QED) is 0.377. The number of nitrogens with zero attached hydrogens (tertiary/aromatic N) is 1. The van der Waals surface area contributed by atoms with Gasteiger partial charge in [0.05, 0.1) is 16.2 Å². The molecule has 25 heavy (non-hydrogen) atoms. The van der Waals surface area contributed by atoms with Gasteiger partial charge in [0.25, 0.3) is 0 Å². The number of rotatable bonds is 4. The van der Waals surface area contributed by atoms with Gasteiger partial charge in [-0.3, -0.25) is 5.41 Å². The van der Waals surface area contributed by atoms with Crippen molar-refractivity contribution in [3.63, 3.8) is 0 Å². The Hall–Kier alpha value is -2.76. The fraction of sp³-hybridized carbons (Fsp3) is 0.0556. The Balaban J connectivity index is 1.64. The molecule has 0 spiro atoms. The van der Waals surface area contributed by atoms with E-state index in [0.29, 0.717) is 10.7 Å². The second-order valence-electron chi connectivity index (χ2n) is 5.16. The predicted octanol–water partition coefficient (Wildman–Crippen LogP) is 3.85. The Morgan fingerprint density at radius 2 is 1.80 bits per heavy atom. The van der Waals surface area contributed by atoms with E-state index in [-0.39, 0.29) is 5.04 Å². The highest BCUT2D eigenvalue weighted by atomic mass is 32.2. The third kappa shape index (κ3) is 4.41. The van der Waals surface area contributed by atoms with Gasteiger partial charge in [-0.1, -0.05) is 36.0 Å². The molecule has 0 atom stereocenters. The van der Waals surface area contributed by atoms with Crippen LogP contribution in [0.1, 0.15) is 11.1 Å². The zero-order chi connectivity index (χ0) is 17.9. The van der Waals surface area contributed by atoms with Crippen LogP contribution in [0, 0.1) is 5.41 Å². The summed E-state index contributed by atoms with van der Waals surface area (Å²) in [5.74, 6) is 1.35. The van der Waals surface area contributed by atoms with Crippen LogP contribution < -0.4 is 9.98 Å². The van der Waals surface area contributed by atoms with Crippen LogP contribution in [-0.4, -0.2) is 16.7 Å². The fourth-order valence-corrected chi connectivity index (χ4v) is 2.83. The molecule has 3 nitrogen and oxygen atoms in total. The normalized spacial score (nSPS) is 13.7. The summed E-state index contributed by atoms with van der Waals surface area (Å²) in [5, 5.41) is 11.1. The van der Waals surface area contributed by atoms with E-state index >= 15 is 0 Å². The Morgan fingerprint density at radius 3 is 2.48 bits per heavy atom. The first-order chi connectivity index (χ1) is 11.9. The maximum absolute atomic E-state index is 12.7. The number of benzene rings is 2. The second-order valence-corrected chi connectivity index (χ2v) is 6.28. The van der Waals surface area contributed by atoms with Gasteiger partial charge in [-0.05, 0) is 36.4 Å². The molecular formula is C18H13F3N3S+. The van der Waals surface area contributed by atoms with E-state index in [4.69, 9.17) is 5.41 Å². The average Bonchev–Trinajstić information content (AvgIpc) is 2.54. The van der Waals surface area contributed by atoms with Crippen LogP contribution in [0.15, 0.2) is 71.6 Å². The van der Waals surface area contributed by atoms with Crippen molar-refractivity contribution in [3.8, 4) is 0 Å². The second kappa shape index (κ2) is 7.01. The van der Waals surface area contributed by atoms with Gasteiger partial charge in [0, 0.05) is 11.0 Å². The number of amidine groups is 2. The first-order valence-electron chi connectivity index (χ1n) is 7.32. The summed E-state index contributed by atoms with van der Waals surface area (Å²) < 4.78 is 42.4. The van der Waals surface area contributed by atoms with Gasteiger partial charge < -0.3 is 0 Å². The molecule has 0 radical (unpaired) electrons. The largest absolute Gasteiger partial charge is 0.416 e. The van der Waals surface area contributed by atoms with Crippen molar-refractivity contribution in [1.82, 2.24) is 9.98 Å². The number of alkyl halides is 3. The molecular weight excluding hydrogens is 347 g/mol. The van der Waals surface area contributed by atoms with Gasteiger partial charge in [-0.2, -0.15) is 13.2 Å². The summed E-state index contributed by atoms with van der Waals surface area (Å²) in [7, 11) is 0. The highest BCUT2D eigenvalue weighted by Crippen LogP contribution is 2.32. The third-order valence-corrected chi connectivity index (χ3v) is 4.15. The van der Waals surface area contributed by atoms with Gasteiger partial charge in [-0.25, -0.2) is 9.98 Å². The molecule has 7 heteroatoms. The van der Waals surface area contributed by atoms with Crippen molar-refractivity contribution in [2.45, 2.75) is 11.1 Å². The Morgan fingerprint density at radius 1 is 1.08 bits per heavy atom. The minimum atomic E-state index is -4.39. The lowest BCUT2D eigenvalue weighted by Gasteiger charge is -2.08. The number of halogens is 3. The van der Waals surface area contributed by atoms with Crippen molar-refractivity contribution in [2.24, 2.45) is 0 Å². The topological polar surface area (TPSA) is 50.0 Å². The summed E-state index contributed by atoms with van der Waals surface area (Å²) in [6, 6.07) is 14.5. The molecule has 0 aliphatic carbocycles. The third-order valence-electron chi connectivity index (χ3n) is 3.31. The molecule has 1 heterocycles. The maximum atomic E-state index is 12.7. The van der Waals surface area contributed by atoms with Crippen molar-refractivity contribution in [2.75, 3.05) is 0 Å². The zero-order valence-corrected chi connectivity index (χ0v) is 13.7. The highest BCUT2D eigenvalue weighted by molar-refractivity contribution is 8.14. The molecule has 0 saturated heterocycles. The Labute approximate surface area is 146 Å². The summed E-state index contributed by atoms with van der Waals surface area (Å²) in [6.07, 6.45) is -1.27. The van der Waals surface area contributed by atoms with Crippen molar-refractivity contribution in [3.05, 3.63) is 77.9 Å². The molecule has 3 rings (SSSR count). The highest BCUT2D eigenvalue weighted by Gasteiger charge is 2.30. The van der Waals surface area contributed by atoms with Gasteiger partial charge in [0.2, 0.25) is 0 Å². The van der Waals surface area contributed by atoms with Crippen LogP contribution >= 0.6 is 11.8 Å². The lowest BCUT2D eigenvalue weighted by atomic mass is 10.2. The van der Waals surface area contributed by atoms with Crippen molar-refractivity contribution in [1.29, 1.82) is 5.41 Å². The Kier molecular flexibility index (Phi) is 4.79.